The summed E-state index contributed by atoms with van der Waals surface area (Å²) < 4.78 is 0. The van der Waals surface area contributed by atoms with Gasteiger partial charge in [-0.2, -0.15) is 5.26 Å². The Morgan fingerprint density at radius 1 is 1.28 bits per heavy atom. The second-order valence-corrected chi connectivity index (χ2v) is 8.76. The number of benzene rings is 1. The van der Waals surface area contributed by atoms with Gasteiger partial charge in [-0.05, 0) is 49.4 Å². The molecule has 0 radical (unpaired) electrons. The Balaban J connectivity index is 1.69. The van der Waals surface area contributed by atoms with Crippen LogP contribution in [0.4, 0.5) is 5.00 Å². The molecular weight excluding hydrogens is 395 g/mol. The number of amides is 1. The van der Waals surface area contributed by atoms with Crippen molar-refractivity contribution in [2.24, 2.45) is 0 Å². The lowest BCUT2D eigenvalue weighted by molar-refractivity contribution is -0.113. The first-order valence-corrected chi connectivity index (χ1v) is 10.6. The molecular formula is C18H16Cl2N2OS2. The number of carbonyl (C=O) groups excluding carboxylic acids is 1. The molecule has 1 amide bonds. The third-order valence-corrected chi connectivity index (χ3v) is 6.98. The van der Waals surface area contributed by atoms with E-state index in [1.165, 1.54) is 23.1 Å². The molecule has 0 saturated carbocycles. The first-order chi connectivity index (χ1) is 12.1. The number of hydrogen-bond donors (Lipinski definition) is 1. The molecule has 0 bridgehead atoms. The van der Waals surface area contributed by atoms with E-state index >= 15 is 0 Å². The van der Waals surface area contributed by atoms with E-state index in [1.54, 1.807) is 29.5 Å². The minimum absolute atomic E-state index is 0.144. The first kappa shape index (κ1) is 18.6. The summed E-state index contributed by atoms with van der Waals surface area (Å²) in [4.78, 5) is 14.3. The molecule has 25 heavy (non-hydrogen) atoms. The highest BCUT2D eigenvalue weighted by atomic mass is 35.5. The average Bonchev–Trinajstić information content (AvgIpc) is 2.75. The maximum Gasteiger partial charge on any atom is 0.235 e. The van der Waals surface area contributed by atoms with Crippen molar-refractivity contribution < 1.29 is 4.79 Å². The Labute approximate surface area is 165 Å². The number of fused-ring (bicyclic) bond motifs is 1. The number of anilines is 1. The van der Waals surface area contributed by atoms with Gasteiger partial charge < -0.3 is 5.32 Å². The van der Waals surface area contributed by atoms with Crippen LogP contribution < -0.4 is 5.32 Å². The zero-order valence-corrected chi connectivity index (χ0v) is 16.5. The van der Waals surface area contributed by atoms with Crippen LogP contribution in [-0.2, 0) is 17.6 Å². The molecule has 1 heterocycles. The highest BCUT2D eigenvalue weighted by molar-refractivity contribution is 8.00. The number of rotatable bonds is 4. The predicted octanol–water partition coefficient (Wildman–Crippen LogP) is 5.93. The van der Waals surface area contributed by atoms with Gasteiger partial charge in [0.1, 0.15) is 11.1 Å². The van der Waals surface area contributed by atoms with Gasteiger partial charge in [-0.25, -0.2) is 0 Å². The molecule has 1 aromatic heterocycles. The van der Waals surface area contributed by atoms with Crippen LogP contribution in [0.3, 0.4) is 0 Å². The van der Waals surface area contributed by atoms with E-state index in [9.17, 15) is 10.1 Å². The van der Waals surface area contributed by atoms with Crippen molar-refractivity contribution in [2.75, 3.05) is 11.1 Å². The molecule has 3 rings (SSSR count). The molecule has 0 atom stereocenters. The Bertz CT molecular complexity index is 842. The van der Waals surface area contributed by atoms with E-state index < -0.39 is 0 Å². The molecule has 0 spiro atoms. The van der Waals surface area contributed by atoms with Gasteiger partial charge in [-0.1, -0.05) is 29.6 Å². The number of nitrogens with one attached hydrogen (secondary N) is 1. The van der Waals surface area contributed by atoms with E-state index in [0.29, 0.717) is 20.6 Å². The van der Waals surface area contributed by atoms with Crippen LogP contribution in [0.1, 0.15) is 35.3 Å². The number of hydrogen-bond acceptors (Lipinski definition) is 4. The quantitative estimate of drug-likeness (QED) is 0.501. The minimum atomic E-state index is -0.144. The summed E-state index contributed by atoms with van der Waals surface area (Å²) in [5.74, 6) is 0.0713. The van der Waals surface area contributed by atoms with E-state index in [0.717, 1.165) is 36.1 Å². The van der Waals surface area contributed by atoms with Crippen molar-refractivity contribution in [3.8, 4) is 6.07 Å². The molecule has 0 unspecified atom stereocenters. The van der Waals surface area contributed by atoms with Crippen LogP contribution in [0, 0.1) is 11.3 Å². The summed E-state index contributed by atoms with van der Waals surface area (Å²) in [5.41, 5.74) is 1.77. The molecule has 1 N–H and O–H groups in total. The largest absolute Gasteiger partial charge is 0.316 e. The van der Waals surface area contributed by atoms with Crippen molar-refractivity contribution in [2.45, 2.75) is 37.0 Å². The van der Waals surface area contributed by atoms with Gasteiger partial charge in [-0.3, -0.25) is 4.79 Å². The van der Waals surface area contributed by atoms with Crippen LogP contribution in [0.25, 0.3) is 0 Å². The number of halogens is 2. The SMILES string of the molecule is N#Cc1c(NC(=O)CSc2cc(Cl)ccc2Cl)sc2c1CCCCC2. The summed E-state index contributed by atoms with van der Waals surface area (Å²) in [5, 5.41) is 14.2. The van der Waals surface area contributed by atoms with Gasteiger partial charge in [0.25, 0.3) is 0 Å². The lowest BCUT2D eigenvalue weighted by Crippen LogP contribution is -2.14. The fourth-order valence-electron chi connectivity index (χ4n) is 2.84. The van der Waals surface area contributed by atoms with Crippen LogP contribution in [-0.4, -0.2) is 11.7 Å². The molecule has 7 heteroatoms. The van der Waals surface area contributed by atoms with Crippen molar-refractivity contribution in [1.29, 1.82) is 5.26 Å². The van der Waals surface area contributed by atoms with Gasteiger partial charge in [0, 0.05) is 14.8 Å². The second kappa shape index (κ2) is 8.46. The average molecular weight is 411 g/mol. The third-order valence-electron chi connectivity index (χ3n) is 4.04. The molecule has 0 fully saturated rings. The van der Waals surface area contributed by atoms with Gasteiger partial charge in [0.2, 0.25) is 5.91 Å². The van der Waals surface area contributed by atoms with Crippen LogP contribution in [0.2, 0.25) is 10.0 Å². The highest BCUT2D eigenvalue weighted by Crippen LogP contribution is 2.37. The molecule has 1 aromatic carbocycles. The number of nitrogens with zero attached hydrogens (tertiary/aromatic N) is 1. The van der Waals surface area contributed by atoms with E-state index in [2.05, 4.69) is 11.4 Å². The van der Waals surface area contributed by atoms with E-state index in [4.69, 9.17) is 23.2 Å². The summed E-state index contributed by atoms with van der Waals surface area (Å²) in [6, 6.07) is 7.45. The number of thiophene rings is 1. The molecule has 2 aromatic rings. The second-order valence-electron chi connectivity index (χ2n) is 5.79. The van der Waals surface area contributed by atoms with Crippen molar-refractivity contribution >= 4 is 57.2 Å². The Hall–Kier alpha value is -1.19. The maximum atomic E-state index is 12.3. The molecule has 0 aliphatic heterocycles. The molecule has 130 valence electrons. The standard InChI is InChI=1S/C18H16Cl2N2OS2/c19-11-6-7-14(20)16(8-11)24-10-17(23)22-18-13(9-21)12-4-2-1-3-5-15(12)25-18/h6-8H,1-5,10H2,(H,22,23). The van der Waals surface area contributed by atoms with E-state index in [-0.39, 0.29) is 11.7 Å². The molecule has 1 aliphatic rings. The predicted molar refractivity (Wildman–Crippen MR) is 106 cm³/mol. The van der Waals surface area contributed by atoms with Crippen molar-refractivity contribution in [3.63, 3.8) is 0 Å². The topological polar surface area (TPSA) is 52.9 Å². The maximum absolute atomic E-state index is 12.3. The zero-order chi connectivity index (χ0) is 17.8. The Morgan fingerprint density at radius 2 is 2.08 bits per heavy atom. The van der Waals surface area contributed by atoms with Gasteiger partial charge in [0.05, 0.1) is 16.3 Å². The Kier molecular flexibility index (Phi) is 6.29. The van der Waals surface area contributed by atoms with Gasteiger partial charge >= 0.3 is 0 Å². The number of thioether (sulfide) groups is 1. The monoisotopic (exact) mass is 410 g/mol. The van der Waals surface area contributed by atoms with Crippen molar-refractivity contribution in [3.05, 3.63) is 44.2 Å². The summed E-state index contributed by atoms with van der Waals surface area (Å²) in [7, 11) is 0. The number of aryl methyl sites for hydroxylation is 1. The normalized spacial score (nSPS) is 13.6. The van der Waals surface area contributed by atoms with E-state index in [1.807, 2.05) is 0 Å². The summed E-state index contributed by atoms with van der Waals surface area (Å²) in [6.07, 6.45) is 5.38. The molecule has 3 nitrogen and oxygen atoms in total. The van der Waals surface area contributed by atoms with Crippen LogP contribution in [0.15, 0.2) is 23.1 Å². The fourth-order valence-corrected chi connectivity index (χ4v) is 5.39. The highest BCUT2D eigenvalue weighted by Gasteiger charge is 2.21. The lowest BCUT2D eigenvalue weighted by Gasteiger charge is -2.06. The zero-order valence-electron chi connectivity index (χ0n) is 13.4. The summed E-state index contributed by atoms with van der Waals surface area (Å²) >= 11 is 15.0. The Morgan fingerprint density at radius 3 is 2.88 bits per heavy atom. The smallest absolute Gasteiger partial charge is 0.235 e. The molecule has 1 aliphatic carbocycles. The number of nitriles is 1. The minimum Gasteiger partial charge on any atom is -0.316 e. The first-order valence-electron chi connectivity index (χ1n) is 8.01. The van der Waals surface area contributed by atoms with Gasteiger partial charge in [0.15, 0.2) is 0 Å². The third kappa shape index (κ3) is 4.51. The van der Waals surface area contributed by atoms with Crippen LogP contribution >= 0.6 is 46.3 Å². The van der Waals surface area contributed by atoms with Crippen molar-refractivity contribution in [1.82, 2.24) is 0 Å². The van der Waals surface area contributed by atoms with Gasteiger partial charge in [-0.15, -0.1) is 23.1 Å². The summed E-state index contributed by atoms with van der Waals surface area (Å²) in [6.45, 7) is 0. The lowest BCUT2D eigenvalue weighted by atomic mass is 10.1. The fraction of sp³-hybridized carbons (Fsp3) is 0.333. The number of carbonyl (C=O) groups is 1. The van der Waals surface area contributed by atoms with Crippen LogP contribution in [0.5, 0.6) is 0 Å². The molecule has 0 saturated heterocycles.